The highest BCUT2D eigenvalue weighted by Gasteiger charge is 2.56. The average Bonchev–Trinajstić information content (AvgIpc) is 3.41. The van der Waals surface area contributed by atoms with E-state index >= 15 is 0 Å². The van der Waals surface area contributed by atoms with E-state index in [0.717, 1.165) is 37.3 Å². The highest BCUT2D eigenvalue weighted by molar-refractivity contribution is 6.09. The number of hydrogen-bond donors (Lipinski definition) is 2. The second-order valence-corrected chi connectivity index (χ2v) is 7.58. The van der Waals surface area contributed by atoms with Crippen LogP contribution < -0.4 is 10.6 Å². The van der Waals surface area contributed by atoms with Crippen molar-refractivity contribution in [1.29, 1.82) is 0 Å². The standard InChI is InChI=1S/C16H24N4O3/c1-16(10-2-3-10)14(22)20(15(23)18-16)9-13(21)17-11-6-7-19(8-11)12-4-5-12/h10-12H,2-9H2,1H3,(H,17,21)(H,18,23). The summed E-state index contributed by atoms with van der Waals surface area (Å²) < 4.78 is 0. The Morgan fingerprint density at radius 2 is 2.00 bits per heavy atom. The van der Waals surface area contributed by atoms with Crippen molar-refractivity contribution in [2.45, 2.75) is 56.7 Å². The molecule has 2 N–H and O–H groups in total. The average molecular weight is 320 g/mol. The molecule has 4 fully saturated rings. The minimum Gasteiger partial charge on any atom is -0.350 e. The number of carbonyl (C=O) groups excluding carboxylic acids is 3. The molecule has 4 amide bonds. The lowest BCUT2D eigenvalue weighted by molar-refractivity contribution is -0.135. The van der Waals surface area contributed by atoms with Gasteiger partial charge in [-0.1, -0.05) is 0 Å². The maximum Gasteiger partial charge on any atom is 0.325 e. The van der Waals surface area contributed by atoms with Crippen LogP contribution in [0.15, 0.2) is 0 Å². The summed E-state index contributed by atoms with van der Waals surface area (Å²) in [6, 6.07) is 0.409. The van der Waals surface area contributed by atoms with Crippen LogP contribution in [-0.4, -0.2) is 64.9 Å². The first-order valence-corrected chi connectivity index (χ1v) is 8.65. The highest BCUT2D eigenvalue weighted by Crippen LogP contribution is 2.42. The van der Waals surface area contributed by atoms with Crippen molar-refractivity contribution in [2.24, 2.45) is 5.92 Å². The minimum atomic E-state index is -0.812. The first kappa shape index (κ1) is 14.9. The van der Waals surface area contributed by atoms with Gasteiger partial charge in [0.2, 0.25) is 5.91 Å². The molecule has 4 aliphatic rings. The first-order chi connectivity index (χ1) is 11.0. The van der Waals surface area contributed by atoms with E-state index in [0.29, 0.717) is 6.04 Å². The summed E-state index contributed by atoms with van der Waals surface area (Å²) in [5, 5.41) is 5.75. The Morgan fingerprint density at radius 3 is 2.65 bits per heavy atom. The zero-order valence-electron chi connectivity index (χ0n) is 13.5. The van der Waals surface area contributed by atoms with E-state index in [1.807, 2.05) is 0 Å². The third-order valence-electron chi connectivity index (χ3n) is 5.64. The monoisotopic (exact) mass is 320 g/mol. The number of nitrogens with one attached hydrogen (secondary N) is 2. The Labute approximate surface area is 135 Å². The van der Waals surface area contributed by atoms with Crippen LogP contribution in [0.2, 0.25) is 0 Å². The van der Waals surface area contributed by atoms with Gasteiger partial charge in [-0.2, -0.15) is 0 Å². The predicted octanol–water partition coefficient (Wildman–Crippen LogP) is 0.0598. The summed E-state index contributed by atoms with van der Waals surface area (Å²) in [6.45, 7) is 3.51. The van der Waals surface area contributed by atoms with Crippen molar-refractivity contribution in [3.05, 3.63) is 0 Å². The molecular weight excluding hydrogens is 296 g/mol. The zero-order valence-corrected chi connectivity index (χ0v) is 13.5. The largest absolute Gasteiger partial charge is 0.350 e. The number of hydrogen-bond acceptors (Lipinski definition) is 4. The fraction of sp³-hybridized carbons (Fsp3) is 0.812. The summed E-state index contributed by atoms with van der Waals surface area (Å²) in [4.78, 5) is 40.3. The second kappa shape index (κ2) is 5.19. The molecule has 7 heteroatoms. The van der Waals surface area contributed by atoms with Gasteiger partial charge in [-0.3, -0.25) is 19.4 Å². The Bertz CT molecular complexity index is 558. The number of nitrogens with zero attached hydrogens (tertiary/aromatic N) is 2. The summed E-state index contributed by atoms with van der Waals surface area (Å²) in [6.07, 6.45) is 5.40. The van der Waals surface area contributed by atoms with E-state index in [4.69, 9.17) is 0 Å². The smallest absolute Gasteiger partial charge is 0.325 e. The molecule has 4 rings (SSSR count). The van der Waals surface area contributed by atoms with Gasteiger partial charge < -0.3 is 10.6 Å². The number of urea groups is 1. The maximum atomic E-state index is 12.5. The molecule has 126 valence electrons. The van der Waals surface area contributed by atoms with Gasteiger partial charge in [-0.05, 0) is 44.9 Å². The molecule has 0 aromatic heterocycles. The van der Waals surface area contributed by atoms with Crippen LogP contribution in [0, 0.1) is 5.92 Å². The molecule has 2 saturated heterocycles. The molecule has 0 radical (unpaired) electrons. The topological polar surface area (TPSA) is 81.8 Å². The molecule has 7 nitrogen and oxygen atoms in total. The van der Waals surface area contributed by atoms with E-state index in [2.05, 4.69) is 15.5 Å². The molecule has 2 saturated carbocycles. The molecule has 2 atom stereocenters. The fourth-order valence-electron chi connectivity index (χ4n) is 3.89. The third-order valence-corrected chi connectivity index (χ3v) is 5.64. The normalized spacial score (nSPS) is 34.8. The van der Waals surface area contributed by atoms with Gasteiger partial charge in [0.15, 0.2) is 0 Å². The Hall–Kier alpha value is -1.63. The van der Waals surface area contributed by atoms with Gasteiger partial charge in [-0.15, -0.1) is 0 Å². The summed E-state index contributed by atoms with van der Waals surface area (Å²) in [5.41, 5.74) is -0.812. The van der Waals surface area contributed by atoms with Crippen LogP contribution in [-0.2, 0) is 9.59 Å². The highest BCUT2D eigenvalue weighted by atomic mass is 16.2. The molecule has 0 spiro atoms. The van der Waals surface area contributed by atoms with E-state index in [-0.39, 0.29) is 30.3 Å². The molecule has 0 bridgehead atoms. The number of imide groups is 1. The van der Waals surface area contributed by atoms with Crippen LogP contribution in [0.4, 0.5) is 4.79 Å². The lowest BCUT2D eigenvalue weighted by atomic mass is 9.96. The molecule has 23 heavy (non-hydrogen) atoms. The van der Waals surface area contributed by atoms with Gasteiger partial charge in [0.25, 0.3) is 5.91 Å². The van der Waals surface area contributed by atoms with Gasteiger partial charge in [0.1, 0.15) is 12.1 Å². The summed E-state index contributed by atoms with van der Waals surface area (Å²) in [5.74, 6) is -0.281. The van der Waals surface area contributed by atoms with E-state index < -0.39 is 11.6 Å². The van der Waals surface area contributed by atoms with Crippen molar-refractivity contribution < 1.29 is 14.4 Å². The maximum absolute atomic E-state index is 12.5. The summed E-state index contributed by atoms with van der Waals surface area (Å²) in [7, 11) is 0. The van der Waals surface area contributed by atoms with Crippen LogP contribution in [0.1, 0.15) is 39.0 Å². The van der Waals surface area contributed by atoms with E-state index in [1.54, 1.807) is 6.92 Å². The van der Waals surface area contributed by atoms with E-state index in [1.165, 1.54) is 12.8 Å². The van der Waals surface area contributed by atoms with Gasteiger partial charge in [-0.25, -0.2) is 4.79 Å². The zero-order chi connectivity index (χ0) is 16.2. The molecule has 2 heterocycles. The van der Waals surface area contributed by atoms with Crippen LogP contribution in [0.25, 0.3) is 0 Å². The quantitative estimate of drug-likeness (QED) is 0.702. The Balaban J connectivity index is 1.31. The predicted molar refractivity (Wildman–Crippen MR) is 82.5 cm³/mol. The van der Waals surface area contributed by atoms with E-state index in [9.17, 15) is 14.4 Å². The van der Waals surface area contributed by atoms with Crippen molar-refractivity contribution >= 4 is 17.8 Å². The molecule has 2 aliphatic carbocycles. The lowest BCUT2D eigenvalue weighted by Crippen LogP contribution is -2.48. The Kier molecular flexibility index (Phi) is 3.37. The van der Waals surface area contributed by atoms with Crippen molar-refractivity contribution in [3.63, 3.8) is 0 Å². The fourth-order valence-corrected chi connectivity index (χ4v) is 3.89. The first-order valence-electron chi connectivity index (χ1n) is 8.65. The minimum absolute atomic E-state index is 0.138. The van der Waals surface area contributed by atoms with Crippen molar-refractivity contribution in [1.82, 2.24) is 20.4 Å². The number of carbonyl (C=O) groups is 3. The summed E-state index contributed by atoms with van der Waals surface area (Å²) >= 11 is 0. The SMILES string of the molecule is CC1(C2CC2)NC(=O)N(CC(=O)NC2CCN(C3CC3)C2)C1=O. The van der Waals surface area contributed by atoms with Crippen molar-refractivity contribution in [2.75, 3.05) is 19.6 Å². The lowest BCUT2D eigenvalue weighted by Gasteiger charge is -2.21. The van der Waals surface area contributed by atoms with Crippen molar-refractivity contribution in [3.8, 4) is 0 Å². The number of amides is 4. The van der Waals surface area contributed by atoms with Gasteiger partial charge >= 0.3 is 6.03 Å². The van der Waals surface area contributed by atoms with Crippen LogP contribution >= 0.6 is 0 Å². The molecular formula is C16H24N4O3. The number of likely N-dealkylation sites (tertiary alicyclic amines) is 1. The molecule has 2 unspecified atom stereocenters. The van der Waals surface area contributed by atoms with Gasteiger partial charge in [0, 0.05) is 25.2 Å². The second-order valence-electron chi connectivity index (χ2n) is 7.58. The third kappa shape index (κ3) is 2.71. The van der Waals surface area contributed by atoms with Gasteiger partial charge in [0.05, 0.1) is 0 Å². The Morgan fingerprint density at radius 1 is 1.26 bits per heavy atom. The molecule has 0 aromatic rings. The van der Waals surface area contributed by atoms with Crippen LogP contribution in [0.5, 0.6) is 0 Å². The number of rotatable bonds is 5. The molecule has 0 aromatic carbocycles. The van der Waals surface area contributed by atoms with Crippen LogP contribution in [0.3, 0.4) is 0 Å². The molecule has 2 aliphatic heterocycles.